The zero-order valence-corrected chi connectivity index (χ0v) is 9.69. The van der Waals surface area contributed by atoms with Gasteiger partial charge >= 0.3 is 5.97 Å². The first-order valence-corrected chi connectivity index (χ1v) is 5.56. The average Bonchev–Trinajstić information content (AvgIpc) is 2.62. The van der Waals surface area contributed by atoms with Crippen molar-refractivity contribution in [2.45, 2.75) is 5.88 Å². The third-order valence-corrected chi connectivity index (χ3v) is 2.90. The Bertz CT molecular complexity index is 343. The minimum absolute atomic E-state index is 0.101. The van der Waals surface area contributed by atoms with Gasteiger partial charge in [0, 0.05) is 13.7 Å². The number of aromatic carboxylic acids is 1. The molecule has 0 unspecified atom stereocenters. The van der Waals surface area contributed by atoms with Crippen LogP contribution in [-0.2, 0) is 10.6 Å². The molecule has 7 heteroatoms. The number of aromatic nitrogens is 1. The summed E-state index contributed by atoms with van der Waals surface area (Å²) in [5.41, 5.74) is 0.397. The van der Waals surface area contributed by atoms with Gasteiger partial charge in [-0.2, -0.15) is 0 Å². The molecule has 0 saturated heterocycles. The van der Waals surface area contributed by atoms with Crippen LogP contribution in [0.4, 0.5) is 5.13 Å². The Labute approximate surface area is 96.0 Å². The first-order valence-electron chi connectivity index (χ1n) is 4.20. The van der Waals surface area contributed by atoms with E-state index in [4.69, 9.17) is 21.4 Å². The molecule has 0 saturated carbocycles. The van der Waals surface area contributed by atoms with Crippen LogP contribution in [0.25, 0.3) is 0 Å². The van der Waals surface area contributed by atoms with E-state index < -0.39 is 5.97 Å². The van der Waals surface area contributed by atoms with Gasteiger partial charge in [-0.1, -0.05) is 11.3 Å². The van der Waals surface area contributed by atoms with Gasteiger partial charge < -0.3 is 15.2 Å². The zero-order chi connectivity index (χ0) is 11.3. The number of hydrogen-bond donors (Lipinski definition) is 2. The number of thiazole rings is 1. The van der Waals surface area contributed by atoms with Crippen LogP contribution in [0, 0.1) is 0 Å². The Morgan fingerprint density at radius 2 is 2.47 bits per heavy atom. The normalized spacial score (nSPS) is 10.3. The lowest BCUT2D eigenvalue weighted by atomic mass is 10.4. The van der Waals surface area contributed by atoms with Crippen molar-refractivity contribution in [3.05, 3.63) is 10.6 Å². The zero-order valence-electron chi connectivity index (χ0n) is 8.12. The number of carboxylic acids is 1. The molecule has 15 heavy (non-hydrogen) atoms. The molecule has 0 aromatic carbocycles. The molecule has 1 aromatic rings. The van der Waals surface area contributed by atoms with Crippen molar-refractivity contribution in [3.8, 4) is 0 Å². The summed E-state index contributed by atoms with van der Waals surface area (Å²) in [6.45, 7) is 1.13. The summed E-state index contributed by atoms with van der Waals surface area (Å²) in [7, 11) is 1.59. The fourth-order valence-corrected chi connectivity index (χ4v) is 2.06. The average molecular weight is 251 g/mol. The van der Waals surface area contributed by atoms with Crippen LogP contribution in [0.15, 0.2) is 0 Å². The maximum atomic E-state index is 10.8. The second-order valence-corrected chi connectivity index (χ2v) is 3.92. The van der Waals surface area contributed by atoms with E-state index in [-0.39, 0.29) is 10.8 Å². The molecule has 0 bridgehead atoms. The molecule has 1 rings (SSSR count). The lowest BCUT2D eigenvalue weighted by Gasteiger charge is -1.99. The summed E-state index contributed by atoms with van der Waals surface area (Å²) in [6, 6.07) is 0. The molecule has 2 N–H and O–H groups in total. The van der Waals surface area contributed by atoms with Gasteiger partial charge in [-0.05, 0) is 0 Å². The predicted molar refractivity (Wildman–Crippen MR) is 59.0 cm³/mol. The highest BCUT2D eigenvalue weighted by atomic mass is 35.5. The first kappa shape index (κ1) is 12.2. The lowest BCUT2D eigenvalue weighted by Crippen LogP contribution is -2.07. The maximum absolute atomic E-state index is 10.8. The number of nitrogens with one attached hydrogen (secondary N) is 1. The van der Waals surface area contributed by atoms with Crippen molar-refractivity contribution in [2.75, 3.05) is 25.6 Å². The van der Waals surface area contributed by atoms with Gasteiger partial charge in [0.2, 0.25) is 0 Å². The maximum Gasteiger partial charge on any atom is 0.347 e. The second-order valence-electron chi connectivity index (χ2n) is 2.65. The Balaban J connectivity index is 2.70. The summed E-state index contributed by atoms with van der Waals surface area (Å²) in [6.07, 6.45) is 0. The Morgan fingerprint density at radius 3 is 2.93 bits per heavy atom. The molecule has 0 radical (unpaired) electrons. The number of rotatable bonds is 6. The first-order chi connectivity index (χ1) is 7.19. The van der Waals surface area contributed by atoms with E-state index in [0.717, 1.165) is 11.3 Å². The highest BCUT2D eigenvalue weighted by molar-refractivity contribution is 7.17. The summed E-state index contributed by atoms with van der Waals surface area (Å²) >= 11 is 6.66. The number of alkyl halides is 1. The van der Waals surface area contributed by atoms with Crippen molar-refractivity contribution < 1.29 is 14.6 Å². The molecule has 0 spiro atoms. The van der Waals surface area contributed by atoms with Gasteiger partial charge in [0.1, 0.15) is 4.88 Å². The molecule has 0 aliphatic rings. The summed E-state index contributed by atoms with van der Waals surface area (Å²) in [4.78, 5) is 15.0. The third-order valence-electron chi connectivity index (χ3n) is 1.60. The van der Waals surface area contributed by atoms with E-state index in [1.54, 1.807) is 7.11 Å². The number of ether oxygens (including phenoxy) is 1. The number of carboxylic acid groups (broad SMARTS) is 1. The highest BCUT2D eigenvalue weighted by Crippen LogP contribution is 2.24. The molecule has 5 nitrogen and oxygen atoms in total. The Hall–Kier alpha value is -0.850. The standard InChI is InChI=1S/C8H11ClN2O3S/c1-14-3-2-10-8-11-5(4-9)6(15-8)7(12)13/h2-4H2,1H3,(H,10,11)(H,12,13). The van der Waals surface area contributed by atoms with Crippen LogP contribution in [0.3, 0.4) is 0 Å². The summed E-state index contributed by atoms with van der Waals surface area (Å²) in [5.74, 6) is -0.896. The predicted octanol–water partition coefficient (Wildman–Crippen LogP) is 1.64. The third kappa shape index (κ3) is 3.33. The van der Waals surface area contributed by atoms with Gasteiger partial charge in [-0.3, -0.25) is 0 Å². The molecular formula is C8H11ClN2O3S. The van der Waals surface area contributed by atoms with Crippen LogP contribution >= 0.6 is 22.9 Å². The van der Waals surface area contributed by atoms with E-state index in [0.29, 0.717) is 24.0 Å². The van der Waals surface area contributed by atoms with Gasteiger partial charge in [0.15, 0.2) is 5.13 Å². The van der Waals surface area contributed by atoms with E-state index in [1.165, 1.54) is 0 Å². The number of halogens is 1. The largest absolute Gasteiger partial charge is 0.477 e. The highest BCUT2D eigenvalue weighted by Gasteiger charge is 2.15. The lowest BCUT2D eigenvalue weighted by molar-refractivity contribution is 0.0701. The smallest absolute Gasteiger partial charge is 0.347 e. The van der Waals surface area contributed by atoms with E-state index in [9.17, 15) is 4.79 Å². The van der Waals surface area contributed by atoms with Crippen molar-refractivity contribution in [3.63, 3.8) is 0 Å². The van der Waals surface area contributed by atoms with Crippen LogP contribution < -0.4 is 5.32 Å². The topological polar surface area (TPSA) is 71.5 Å². The monoisotopic (exact) mass is 250 g/mol. The van der Waals surface area contributed by atoms with Gasteiger partial charge in [0.25, 0.3) is 0 Å². The fourth-order valence-electron chi connectivity index (χ4n) is 0.945. The number of carbonyl (C=O) groups is 1. The van der Waals surface area contributed by atoms with Crippen LogP contribution in [0.2, 0.25) is 0 Å². The molecule has 0 fully saturated rings. The summed E-state index contributed by atoms with van der Waals surface area (Å²) < 4.78 is 4.85. The molecule has 1 aromatic heterocycles. The minimum Gasteiger partial charge on any atom is -0.477 e. The molecule has 84 valence electrons. The van der Waals surface area contributed by atoms with Gasteiger partial charge in [-0.15, -0.1) is 11.6 Å². The van der Waals surface area contributed by atoms with Gasteiger partial charge in [-0.25, -0.2) is 9.78 Å². The minimum atomic E-state index is -0.997. The number of anilines is 1. The van der Waals surface area contributed by atoms with Crippen molar-refractivity contribution >= 4 is 34.0 Å². The SMILES string of the molecule is COCCNc1nc(CCl)c(C(=O)O)s1. The van der Waals surface area contributed by atoms with Gasteiger partial charge in [0.05, 0.1) is 18.2 Å². The van der Waals surface area contributed by atoms with Crippen LogP contribution in [0.5, 0.6) is 0 Å². The number of nitrogens with zero attached hydrogens (tertiary/aromatic N) is 1. The van der Waals surface area contributed by atoms with Crippen LogP contribution in [-0.4, -0.2) is 36.3 Å². The summed E-state index contributed by atoms with van der Waals surface area (Å²) in [5, 5.41) is 12.4. The van der Waals surface area contributed by atoms with Crippen molar-refractivity contribution in [1.82, 2.24) is 4.98 Å². The Kier molecular flexibility index (Phi) is 4.80. The van der Waals surface area contributed by atoms with E-state index in [2.05, 4.69) is 10.3 Å². The molecule has 1 heterocycles. The second kappa shape index (κ2) is 5.89. The molecule has 0 amide bonds. The number of methoxy groups -OCH3 is 1. The number of hydrogen-bond acceptors (Lipinski definition) is 5. The quantitative estimate of drug-likeness (QED) is 0.593. The van der Waals surface area contributed by atoms with Crippen molar-refractivity contribution in [1.29, 1.82) is 0 Å². The Morgan fingerprint density at radius 1 is 1.73 bits per heavy atom. The molecule has 0 aliphatic heterocycles. The fraction of sp³-hybridized carbons (Fsp3) is 0.500. The van der Waals surface area contributed by atoms with Crippen molar-refractivity contribution in [2.24, 2.45) is 0 Å². The van der Waals surface area contributed by atoms with E-state index in [1.807, 2.05) is 0 Å². The molecular weight excluding hydrogens is 240 g/mol. The molecule has 0 atom stereocenters. The van der Waals surface area contributed by atoms with Crippen LogP contribution in [0.1, 0.15) is 15.4 Å². The van der Waals surface area contributed by atoms with E-state index >= 15 is 0 Å². The molecule has 0 aliphatic carbocycles.